The first-order valence-electron chi connectivity index (χ1n) is 14.9. The molecule has 0 aromatic heterocycles. The number of aryl methyl sites for hydroxylation is 1. The fourth-order valence-electron chi connectivity index (χ4n) is 5.70. The number of hydrogen-bond acceptors (Lipinski definition) is 5. The lowest BCUT2D eigenvalue weighted by Gasteiger charge is -2.36. The summed E-state index contributed by atoms with van der Waals surface area (Å²) in [4.78, 5) is 43.3. The summed E-state index contributed by atoms with van der Waals surface area (Å²) in [5, 5.41) is 17.2. The third-order valence-electron chi connectivity index (χ3n) is 7.99. The molecule has 3 N–H and O–H groups in total. The summed E-state index contributed by atoms with van der Waals surface area (Å²) in [5.41, 5.74) is 1.14. The Morgan fingerprint density at radius 3 is 2.29 bits per heavy atom. The molecule has 2 saturated carbocycles. The molecule has 2 aromatic carbocycles. The van der Waals surface area contributed by atoms with Crippen molar-refractivity contribution in [3.05, 3.63) is 65.2 Å². The normalized spacial score (nSPS) is 20.4. The minimum atomic E-state index is -1.04. The van der Waals surface area contributed by atoms with E-state index in [1.807, 2.05) is 37.3 Å². The molecular weight excluding hydrogens is 518 g/mol. The Balaban J connectivity index is 1.73. The number of carbonyl (C=O) groups is 3. The summed E-state index contributed by atoms with van der Waals surface area (Å²) in [6.45, 7) is 9.13. The number of benzene rings is 2. The number of nitrogens with zero attached hydrogens (tertiary/aromatic N) is 1. The molecule has 3 amide bonds. The molecule has 4 rings (SSSR count). The maximum absolute atomic E-state index is 14.6. The van der Waals surface area contributed by atoms with Crippen molar-refractivity contribution in [2.75, 3.05) is 0 Å². The topological polar surface area (TPSA) is 108 Å². The number of nitrogens with one attached hydrogen (secondary N) is 2. The van der Waals surface area contributed by atoms with Gasteiger partial charge in [0.05, 0.1) is 0 Å². The van der Waals surface area contributed by atoms with Crippen LogP contribution >= 0.6 is 0 Å². The average Bonchev–Trinajstić information content (AvgIpc) is 3.64. The molecule has 0 aliphatic heterocycles. The van der Waals surface area contributed by atoms with Gasteiger partial charge in [-0.2, -0.15) is 0 Å². The number of aromatic hydroxyl groups is 1. The summed E-state index contributed by atoms with van der Waals surface area (Å²) < 4.78 is 5.52. The maximum Gasteiger partial charge on any atom is 0.408 e. The van der Waals surface area contributed by atoms with E-state index in [0.29, 0.717) is 11.1 Å². The Kier molecular flexibility index (Phi) is 9.61. The summed E-state index contributed by atoms with van der Waals surface area (Å²) in [5.74, 6) is -0.503. The lowest BCUT2D eigenvalue weighted by molar-refractivity contribution is -0.143. The van der Waals surface area contributed by atoms with Crippen LogP contribution in [0.2, 0.25) is 0 Å². The van der Waals surface area contributed by atoms with Crippen LogP contribution in [0.15, 0.2) is 48.5 Å². The van der Waals surface area contributed by atoms with Crippen molar-refractivity contribution < 1.29 is 24.2 Å². The lowest BCUT2D eigenvalue weighted by atomic mass is 9.93. The Bertz CT molecular complexity index is 1220. The van der Waals surface area contributed by atoms with E-state index < -0.39 is 23.8 Å². The monoisotopic (exact) mass is 563 g/mol. The molecule has 4 atom stereocenters. The highest BCUT2D eigenvalue weighted by Gasteiger charge is 2.49. The first-order chi connectivity index (χ1) is 19.4. The van der Waals surface area contributed by atoms with E-state index in [0.717, 1.165) is 44.1 Å². The zero-order valence-electron chi connectivity index (χ0n) is 25.0. The quantitative estimate of drug-likeness (QED) is 0.370. The number of amides is 3. The van der Waals surface area contributed by atoms with Crippen LogP contribution < -0.4 is 10.6 Å². The second-order valence-corrected chi connectivity index (χ2v) is 12.7. The first kappa shape index (κ1) is 30.4. The Hall–Kier alpha value is -3.55. The predicted molar refractivity (Wildman–Crippen MR) is 158 cm³/mol. The van der Waals surface area contributed by atoms with Crippen molar-refractivity contribution in [2.24, 2.45) is 5.92 Å². The van der Waals surface area contributed by atoms with Crippen LogP contribution in [0.3, 0.4) is 0 Å². The summed E-state index contributed by atoms with van der Waals surface area (Å²) in [6.07, 6.45) is 5.29. The summed E-state index contributed by atoms with van der Waals surface area (Å²) >= 11 is 0. The van der Waals surface area contributed by atoms with Crippen LogP contribution in [-0.4, -0.2) is 51.6 Å². The van der Waals surface area contributed by atoms with Crippen LogP contribution in [0.5, 0.6) is 5.75 Å². The van der Waals surface area contributed by atoms with Gasteiger partial charge in [-0.25, -0.2) is 4.79 Å². The van der Waals surface area contributed by atoms with Crippen molar-refractivity contribution in [3.63, 3.8) is 0 Å². The lowest BCUT2D eigenvalue weighted by Crippen LogP contribution is -2.55. The Labute approximate surface area is 243 Å². The Morgan fingerprint density at radius 2 is 1.68 bits per heavy atom. The van der Waals surface area contributed by atoms with Crippen LogP contribution in [0.25, 0.3) is 0 Å². The maximum atomic E-state index is 14.6. The molecule has 2 aliphatic carbocycles. The molecule has 2 aliphatic rings. The fourth-order valence-corrected chi connectivity index (χ4v) is 5.70. The van der Waals surface area contributed by atoms with Crippen molar-refractivity contribution >= 4 is 17.9 Å². The predicted octanol–water partition coefficient (Wildman–Crippen LogP) is 5.56. The highest BCUT2D eigenvalue weighted by atomic mass is 16.6. The third kappa shape index (κ3) is 8.02. The number of phenols is 1. The van der Waals surface area contributed by atoms with Crippen LogP contribution in [0.1, 0.15) is 89.0 Å². The first-order valence-corrected chi connectivity index (χ1v) is 14.9. The number of ether oxygens (including phenoxy) is 1. The smallest absolute Gasteiger partial charge is 0.408 e. The van der Waals surface area contributed by atoms with Crippen LogP contribution in [0.4, 0.5) is 4.79 Å². The van der Waals surface area contributed by atoms with E-state index in [1.54, 1.807) is 50.8 Å². The van der Waals surface area contributed by atoms with Gasteiger partial charge in [-0.3, -0.25) is 9.59 Å². The van der Waals surface area contributed by atoms with Crippen molar-refractivity contribution in [2.45, 2.75) is 109 Å². The molecule has 222 valence electrons. The standard InChI is InChI=1S/C33H45N3O5/c1-21-13-12-18-25(29(21)37)28(30(38)34-24-16-10-7-11-17-24)36(27-19-22(27)2)31(39)26(20-23-14-8-6-9-15-23)35-32(40)41-33(3,4)5/h6,8-9,12-15,18,22,24,26-28,37H,7,10-11,16-17,19-20H2,1-5H3,(H,34,38)(H,35,40). The molecule has 0 saturated heterocycles. The molecule has 41 heavy (non-hydrogen) atoms. The van der Waals surface area contributed by atoms with Crippen LogP contribution in [0, 0.1) is 12.8 Å². The molecule has 4 unspecified atom stereocenters. The molecular formula is C33H45N3O5. The van der Waals surface area contributed by atoms with E-state index >= 15 is 0 Å². The van der Waals surface area contributed by atoms with E-state index in [9.17, 15) is 19.5 Å². The molecule has 0 heterocycles. The number of para-hydroxylation sites is 1. The molecule has 8 heteroatoms. The van der Waals surface area contributed by atoms with Gasteiger partial charge in [-0.1, -0.05) is 74.7 Å². The molecule has 2 aromatic rings. The molecule has 2 fully saturated rings. The van der Waals surface area contributed by atoms with Gasteiger partial charge >= 0.3 is 6.09 Å². The zero-order valence-corrected chi connectivity index (χ0v) is 25.0. The minimum absolute atomic E-state index is 0.00195. The zero-order chi connectivity index (χ0) is 29.7. The Morgan fingerprint density at radius 1 is 1.02 bits per heavy atom. The van der Waals surface area contributed by atoms with Gasteiger partial charge < -0.3 is 25.4 Å². The number of rotatable bonds is 9. The van der Waals surface area contributed by atoms with Gasteiger partial charge in [0, 0.05) is 24.1 Å². The molecule has 0 spiro atoms. The molecule has 8 nitrogen and oxygen atoms in total. The second-order valence-electron chi connectivity index (χ2n) is 12.7. The SMILES string of the molecule is Cc1cccc(C(C(=O)NC2CCCCC2)N(C(=O)C(Cc2ccccc2)NC(=O)OC(C)(C)C)C2CC2C)c1O. The molecule has 0 bridgehead atoms. The fraction of sp³-hybridized carbons (Fsp3) is 0.545. The minimum Gasteiger partial charge on any atom is -0.507 e. The number of hydrogen-bond donors (Lipinski definition) is 3. The number of phenolic OH excluding ortho intramolecular Hbond substituents is 1. The van der Waals surface area contributed by atoms with Crippen molar-refractivity contribution in [3.8, 4) is 5.75 Å². The molecule has 0 radical (unpaired) electrons. The van der Waals surface area contributed by atoms with Gasteiger partial charge in [0.2, 0.25) is 11.8 Å². The van der Waals surface area contributed by atoms with E-state index in [2.05, 4.69) is 10.6 Å². The van der Waals surface area contributed by atoms with Crippen LogP contribution in [-0.2, 0) is 20.7 Å². The van der Waals surface area contributed by atoms with Gasteiger partial charge in [-0.15, -0.1) is 0 Å². The van der Waals surface area contributed by atoms with Gasteiger partial charge in [0.15, 0.2) is 0 Å². The van der Waals surface area contributed by atoms with Crippen molar-refractivity contribution in [1.29, 1.82) is 0 Å². The van der Waals surface area contributed by atoms with Crippen molar-refractivity contribution in [1.82, 2.24) is 15.5 Å². The van der Waals surface area contributed by atoms with Gasteiger partial charge in [0.1, 0.15) is 23.4 Å². The van der Waals surface area contributed by atoms with Gasteiger partial charge in [0.25, 0.3) is 0 Å². The summed E-state index contributed by atoms with van der Waals surface area (Å²) in [7, 11) is 0. The summed E-state index contributed by atoms with van der Waals surface area (Å²) in [6, 6.07) is 12.6. The highest BCUT2D eigenvalue weighted by Crippen LogP contribution is 2.43. The third-order valence-corrected chi connectivity index (χ3v) is 7.99. The van der Waals surface area contributed by atoms with E-state index in [-0.39, 0.29) is 42.0 Å². The van der Waals surface area contributed by atoms with Gasteiger partial charge in [-0.05, 0) is 64.0 Å². The average molecular weight is 564 g/mol. The van der Waals surface area contributed by atoms with E-state index in [1.165, 1.54) is 0 Å². The van der Waals surface area contributed by atoms with E-state index in [4.69, 9.17) is 4.74 Å². The number of alkyl carbamates (subject to hydrolysis) is 1. The highest BCUT2D eigenvalue weighted by molar-refractivity contribution is 5.93. The second kappa shape index (κ2) is 13.0. The largest absolute Gasteiger partial charge is 0.507 e. The number of carbonyl (C=O) groups excluding carboxylic acids is 3.